The number of ether oxygens (including phenoxy) is 1. The van der Waals surface area contributed by atoms with Gasteiger partial charge in [0.25, 0.3) is 5.91 Å². The summed E-state index contributed by atoms with van der Waals surface area (Å²) < 4.78 is 18.7. The molecule has 1 N–H and O–H groups in total. The number of nitrogens with one attached hydrogen (secondary N) is 1. The Hall–Kier alpha value is -2.67. The van der Waals surface area contributed by atoms with Crippen LogP contribution in [0.15, 0.2) is 42.6 Å². The highest BCUT2D eigenvalue weighted by Crippen LogP contribution is 2.16. The summed E-state index contributed by atoms with van der Waals surface area (Å²) in [5, 5.41) is 2.78. The van der Waals surface area contributed by atoms with E-state index in [0.29, 0.717) is 6.54 Å². The average molecular weight is 358 g/mol. The Bertz CT molecular complexity index is 748. The van der Waals surface area contributed by atoms with Crippen molar-refractivity contribution in [2.45, 2.75) is 6.54 Å². The minimum absolute atomic E-state index is 0.0731. The number of rotatable bonds is 6. The van der Waals surface area contributed by atoms with E-state index in [0.717, 1.165) is 37.6 Å². The molecular formula is C19H23FN4O2. The summed E-state index contributed by atoms with van der Waals surface area (Å²) >= 11 is 0. The third kappa shape index (κ3) is 4.92. The van der Waals surface area contributed by atoms with E-state index in [1.54, 1.807) is 18.3 Å². The highest BCUT2D eigenvalue weighted by atomic mass is 19.1. The van der Waals surface area contributed by atoms with Crippen LogP contribution >= 0.6 is 0 Å². The molecule has 7 heteroatoms. The normalized spacial score (nSPS) is 14.9. The second-order valence-corrected chi connectivity index (χ2v) is 6.31. The molecule has 1 aliphatic heterocycles. The molecule has 1 aromatic carbocycles. The molecule has 0 saturated carbocycles. The minimum Gasteiger partial charge on any atom is -0.481 e. The lowest BCUT2D eigenvalue weighted by Crippen LogP contribution is -2.44. The molecule has 0 atom stereocenters. The maximum Gasteiger partial charge on any atom is 0.258 e. The standard InChI is InChI=1S/C19H23FN4O2/c1-23-8-10-24(11-9-23)18-12-15(6-7-21-18)13-22-19(25)14-26-17-5-3-2-4-16(17)20/h2-7,12H,8-11,13-14H2,1H3,(H,22,25). The molecule has 1 aromatic heterocycles. The lowest BCUT2D eigenvalue weighted by molar-refractivity contribution is -0.123. The van der Waals surface area contributed by atoms with Gasteiger partial charge in [0.15, 0.2) is 18.2 Å². The van der Waals surface area contributed by atoms with Crippen molar-refractivity contribution in [3.8, 4) is 5.75 Å². The van der Waals surface area contributed by atoms with E-state index in [1.165, 1.54) is 12.1 Å². The van der Waals surface area contributed by atoms with Crippen LogP contribution in [0.3, 0.4) is 0 Å². The highest BCUT2D eigenvalue weighted by Gasteiger charge is 2.15. The topological polar surface area (TPSA) is 57.7 Å². The molecular weight excluding hydrogens is 335 g/mol. The molecule has 0 bridgehead atoms. The zero-order valence-electron chi connectivity index (χ0n) is 14.8. The van der Waals surface area contributed by atoms with Crippen molar-refractivity contribution in [1.29, 1.82) is 0 Å². The Balaban J connectivity index is 1.49. The molecule has 0 aliphatic carbocycles. The van der Waals surface area contributed by atoms with E-state index in [1.807, 2.05) is 12.1 Å². The van der Waals surface area contributed by atoms with Crippen molar-refractivity contribution in [2.24, 2.45) is 0 Å². The van der Waals surface area contributed by atoms with Gasteiger partial charge in [0.1, 0.15) is 5.82 Å². The van der Waals surface area contributed by atoms with Crippen LogP contribution in [0.5, 0.6) is 5.75 Å². The van der Waals surface area contributed by atoms with Crippen LogP contribution in [0.1, 0.15) is 5.56 Å². The Morgan fingerprint density at radius 2 is 2.00 bits per heavy atom. The molecule has 1 aliphatic rings. The van der Waals surface area contributed by atoms with Crippen molar-refractivity contribution in [2.75, 3.05) is 44.7 Å². The summed E-state index contributed by atoms with van der Waals surface area (Å²) in [7, 11) is 2.11. The van der Waals surface area contributed by atoms with Gasteiger partial charge in [-0.15, -0.1) is 0 Å². The molecule has 2 aromatic rings. The van der Waals surface area contributed by atoms with E-state index in [4.69, 9.17) is 4.74 Å². The minimum atomic E-state index is -0.480. The van der Waals surface area contributed by atoms with E-state index in [2.05, 4.69) is 27.1 Å². The van der Waals surface area contributed by atoms with Gasteiger partial charge in [-0.05, 0) is 36.9 Å². The molecule has 1 amide bonds. The predicted octanol–water partition coefficient (Wildman–Crippen LogP) is 1.67. The first kappa shape index (κ1) is 18.1. The SMILES string of the molecule is CN1CCN(c2cc(CNC(=O)COc3ccccc3F)ccn2)CC1. The van der Waals surface area contributed by atoms with Crippen molar-refractivity contribution in [3.05, 3.63) is 54.0 Å². The molecule has 26 heavy (non-hydrogen) atoms. The highest BCUT2D eigenvalue weighted by molar-refractivity contribution is 5.77. The fraction of sp³-hybridized carbons (Fsp3) is 0.368. The first-order valence-electron chi connectivity index (χ1n) is 8.64. The summed E-state index contributed by atoms with van der Waals surface area (Å²) in [6, 6.07) is 9.88. The van der Waals surface area contributed by atoms with Crippen molar-refractivity contribution >= 4 is 11.7 Å². The van der Waals surface area contributed by atoms with E-state index < -0.39 is 5.82 Å². The molecule has 0 radical (unpaired) electrons. The molecule has 6 nitrogen and oxygen atoms in total. The summed E-state index contributed by atoms with van der Waals surface area (Å²) in [5.74, 6) is 0.217. The Labute approximate surface area is 152 Å². The van der Waals surface area contributed by atoms with Crippen LogP contribution in [0, 0.1) is 5.82 Å². The summed E-state index contributed by atoms with van der Waals surface area (Å²) in [6.45, 7) is 4.05. The Kier molecular flexibility index (Phi) is 6.01. The smallest absolute Gasteiger partial charge is 0.258 e. The molecule has 1 fully saturated rings. The van der Waals surface area contributed by atoms with Crippen molar-refractivity contribution in [3.63, 3.8) is 0 Å². The van der Waals surface area contributed by atoms with Gasteiger partial charge in [0.05, 0.1) is 0 Å². The number of hydrogen-bond donors (Lipinski definition) is 1. The number of benzene rings is 1. The van der Waals surface area contributed by atoms with E-state index in [9.17, 15) is 9.18 Å². The predicted molar refractivity (Wildman–Crippen MR) is 97.7 cm³/mol. The maximum atomic E-state index is 13.5. The van der Waals surface area contributed by atoms with Gasteiger partial charge in [-0.2, -0.15) is 0 Å². The van der Waals surface area contributed by atoms with Gasteiger partial charge in [0, 0.05) is 38.9 Å². The number of anilines is 1. The van der Waals surface area contributed by atoms with E-state index >= 15 is 0 Å². The quantitative estimate of drug-likeness (QED) is 0.851. The number of piperazine rings is 1. The van der Waals surface area contributed by atoms with E-state index in [-0.39, 0.29) is 18.3 Å². The van der Waals surface area contributed by atoms with Crippen LogP contribution in [0.4, 0.5) is 10.2 Å². The third-order valence-electron chi connectivity index (χ3n) is 4.32. The number of halogens is 1. The lowest BCUT2D eigenvalue weighted by Gasteiger charge is -2.33. The molecule has 1 saturated heterocycles. The van der Waals surface area contributed by atoms with Crippen LogP contribution in [-0.2, 0) is 11.3 Å². The number of nitrogens with zero attached hydrogens (tertiary/aromatic N) is 3. The van der Waals surface area contributed by atoms with Crippen LogP contribution in [0.2, 0.25) is 0 Å². The Morgan fingerprint density at radius 1 is 1.23 bits per heavy atom. The van der Waals surface area contributed by atoms with Crippen molar-refractivity contribution in [1.82, 2.24) is 15.2 Å². The first-order valence-corrected chi connectivity index (χ1v) is 8.64. The molecule has 0 spiro atoms. The number of pyridine rings is 1. The van der Waals surface area contributed by atoms with Gasteiger partial charge in [0.2, 0.25) is 0 Å². The second kappa shape index (κ2) is 8.62. The zero-order valence-corrected chi connectivity index (χ0v) is 14.8. The molecule has 2 heterocycles. The molecule has 3 rings (SSSR count). The maximum absolute atomic E-state index is 13.5. The number of carbonyl (C=O) groups excluding carboxylic acids is 1. The van der Waals surface area contributed by atoms with Gasteiger partial charge >= 0.3 is 0 Å². The summed E-state index contributed by atoms with van der Waals surface area (Å²) in [4.78, 5) is 20.9. The van der Waals surface area contributed by atoms with Crippen LogP contribution in [0.25, 0.3) is 0 Å². The third-order valence-corrected chi connectivity index (χ3v) is 4.32. The number of likely N-dealkylation sites (N-methyl/N-ethyl adjacent to an activating group) is 1. The largest absolute Gasteiger partial charge is 0.481 e. The number of carbonyl (C=O) groups is 1. The monoisotopic (exact) mass is 358 g/mol. The van der Waals surface area contributed by atoms with Gasteiger partial charge in [-0.3, -0.25) is 4.79 Å². The number of aromatic nitrogens is 1. The number of amides is 1. The summed E-state index contributed by atoms with van der Waals surface area (Å²) in [6.07, 6.45) is 1.75. The fourth-order valence-corrected chi connectivity index (χ4v) is 2.74. The number of hydrogen-bond acceptors (Lipinski definition) is 5. The van der Waals surface area contributed by atoms with Gasteiger partial charge in [-0.25, -0.2) is 9.37 Å². The Morgan fingerprint density at radius 3 is 2.77 bits per heavy atom. The number of para-hydroxylation sites is 1. The molecule has 0 unspecified atom stereocenters. The van der Waals surface area contributed by atoms with Gasteiger partial charge in [-0.1, -0.05) is 12.1 Å². The van der Waals surface area contributed by atoms with Gasteiger partial charge < -0.3 is 19.9 Å². The fourth-order valence-electron chi connectivity index (χ4n) is 2.74. The zero-order chi connectivity index (χ0) is 18.4. The summed E-state index contributed by atoms with van der Waals surface area (Å²) in [5.41, 5.74) is 0.966. The second-order valence-electron chi connectivity index (χ2n) is 6.31. The molecule has 138 valence electrons. The van der Waals surface area contributed by atoms with Crippen LogP contribution in [-0.4, -0.2) is 55.6 Å². The first-order chi connectivity index (χ1) is 12.6. The average Bonchev–Trinajstić information content (AvgIpc) is 2.66. The lowest BCUT2D eigenvalue weighted by atomic mass is 10.2. The van der Waals surface area contributed by atoms with Crippen molar-refractivity contribution < 1.29 is 13.9 Å². The van der Waals surface area contributed by atoms with Crippen LogP contribution < -0.4 is 15.0 Å².